The number of hydrogen-bond acceptors (Lipinski definition) is 10. The molecular formula is C24H24ClFN4O6. The van der Waals surface area contributed by atoms with Crippen LogP contribution >= 0.6 is 11.6 Å². The molecule has 0 bridgehead atoms. The van der Waals surface area contributed by atoms with Crippen molar-refractivity contribution in [2.24, 2.45) is 5.92 Å². The molecule has 1 aliphatic carbocycles. The molecule has 2 heterocycles. The van der Waals surface area contributed by atoms with Crippen LogP contribution in [0.15, 0.2) is 34.7 Å². The van der Waals surface area contributed by atoms with Crippen molar-refractivity contribution < 1.29 is 32.6 Å². The summed E-state index contributed by atoms with van der Waals surface area (Å²) in [4.78, 5) is 28.8. The summed E-state index contributed by atoms with van der Waals surface area (Å²) in [5, 5.41) is 10.3. The maximum Gasteiger partial charge on any atom is 0.320 e. The molecule has 10 nitrogen and oxygen atoms in total. The fraction of sp³-hybridized carbons (Fsp3) is 0.375. The predicted molar refractivity (Wildman–Crippen MR) is 126 cm³/mol. The lowest BCUT2D eigenvalue weighted by Crippen LogP contribution is -2.28. The Morgan fingerprint density at radius 3 is 2.61 bits per heavy atom. The Labute approximate surface area is 211 Å². The van der Waals surface area contributed by atoms with Gasteiger partial charge in [-0.1, -0.05) is 16.7 Å². The van der Waals surface area contributed by atoms with Gasteiger partial charge in [0.2, 0.25) is 17.5 Å². The highest BCUT2D eigenvalue weighted by atomic mass is 35.5. The highest BCUT2D eigenvalue weighted by Crippen LogP contribution is 2.29. The zero-order valence-electron chi connectivity index (χ0n) is 19.6. The van der Waals surface area contributed by atoms with Crippen molar-refractivity contribution in [3.05, 3.63) is 52.6 Å². The number of ether oxygens (including phenoxy) is 3. The Kier molecular flexibility index (Phi) is 7.99. The summed E-state index contributed by atoms with van der Waals surface area (Å²) in [6.45, 7) is 0. The van der Waals surface area contributed by atoms with E-state index in [4.69, 9.17) is 30.2 Å². The van der Waals surface area contributed by atoms with Crippen molar-refractivity contribution >= 4 is 35.1 Å². The number of carbonyl (C=O) groups is 2. The molecule has 0 radical (unpaired) electrons. The molecule has 0 spiro atoms. The zero-order valence-corrected chi connectivity index (χ0v) is 20.4. The van der Waals surface area contributed by atoms with Crippen LogP contribution in [-0.2, 0) is 16.0 Å². The topological polar surface area (TPSA) is 126 Å². The number of halogens is 2. The molecule has 0 saturated heterocycles. The number of pyridine rings is 1. The normalized spacial score (nSPS) is 17.3. The van der Waals surface area contributed by atoms with E-state index in [-0.39, 0.29) is 47.2 Å². The first-order chi connectivity index (χ1) is 17.4. The Bertz CT molecular complexity index is 1250. The van der Waals surface area contributed by atoms with E-state index in [1.165, 1.54) is 32.4 Å². The maximum atomic E-state index is 13.3. The van der Waals surface area contributed by atoms with Crippen LogP contribution in [0.1, 0.15) is 41.9 Å². The van der Waals surface area contributed by atoms with Crippen LogP contribution in [-0.4, -0.2) is 47.3 Å². The highest BCUT2D eigenvalue weighted by molar-refractivity contribution is 6.31. The first-order valence-electron chi connectivity index (χ1n) is 11.2. The summed E-state index contributed by atoms with van der Waals surface area (Å²) >= 11 is 5.76. The molecule has 0 unspecified atom stereocenters. The third-order valence-electron chi connectivity index (χ3n) is 5.79. The minimum atomic E-state index is -0.562. The summed E-state index contributed by atoms with van der Waals surface area (Å²) < 4.78 is 34.8. The number of aromatic nitrogens is 3. The fourth-order valence-corrected chi connectivity index (χ4v) is 4.10. The van der Waals surface area contributed by atoms with Crippen LogP contribution in [0.25, 0.3) is 0 Å². The lowest BCUT2D eigenvalue weighted by molar-refractivity contribution is -0.147. The van der Waals surface area contributed by atoms with E-state index < -0.39 is 11.6 Å². The molecule has 0 amide bonds. The fourth-order valence-electron chi connectivity index (χ4n) is 3.92. The van der Waals surface area contributed by atoms with Crippen LogP contribution in [0, 0.1) is 11.7 Å². The number of Topliss-reactive ketones (excluding diaryl/α,β-unsaturated/α-hetero) is 1. The Balaban J connectivity index is 1.36. The van der Waals surface area contributed by atoms with Crippen molar-refractivity contribution in [3.63, 3.8) is 0 Å². The molecule has 12 heteroatoms. The number of ketones is 1. The van der Waals surface area contributed by atoms with Crippen molar-refractivity contribution in [3.8, 4) is 11.8 Å². The van der Waals surface area contributed by atoms with Gasteiger partial charge in [-0.2, -0.15) is 4.98 Å². The van der Waals surface area contributed by atoms with Gasteiger partial charge in [0.05, 0.1) is 25.2 Å². The number of carbonyl (C=O) groups excluding carboxylic acids is 2. The Hall–Kier alpha value is -3.73. The second kappa shape index (κ2) is 11.3. The molecule has 36 heavy (non-hydrogen) atoms. The molecule has 2 aromatic heterocycles. The van der Waals surface area contributed by atoms with Gasteiger partial charge in [-0.05, 0) is 49.9 Å². The zero-order chi connectivity index (χ0) is 25.7. The van der Waals surface area contributed by atoms with Crippen molar-refractivity contribution in [1.82, 2.24) is 15.2 Å². The van der Waals surface area contributed by atoms with Crippen LogP contribution in [0.4, 0.5) is 16.1 Å². The monoisotopic (exact) mass is 518 g/mol. The summed E-state index contributed by atoms with van der Waals surface area (Å²) in [5.41, 5.74) is 0.937. The van der Waals surface area contributed by atoms with Gasteiger partial charge in [-0.15, -0.1) is 5.10 Å². The van der Waals surface area contributed by atoms with Gasteiger partial charge < -0.3 is 23.9 Å². The standard InChI is InChI=1S/C24H24ClFN4O6/c1-33-21-14(5-10-20(28-21)35-16-7-3-13(4-8-16)23(32)34-2)11-19(31)22-29-30-24(36-22)27-15-6-9-18(26)17(25)12-15/h5-6,9-10,12-13,16H,3-4,7-8,11H2,1-2H3,(H,27,30). The molecule has 1 aromatic carbocycles. The number of nitrogens with zero attached hydrogens (tertiary/aromatic N) is 3. The van der Waals surface area contributed by atoms with Gasteiger partial charge in [-0.3, -0.25) is 9.59 Å². The average molecular weight is 519 g/mol. The van der Waals surface area contributed by atoms with Crippen LogP contribution in [0.3, 0.4) is 0 Å². The lowest BCUT2D eigenvalue weighted by Gasteiger charge is -2.27. The Morgan fingerprint density at radius 1 is 1.14 bits per heavy atom. The second-order valence-corrected chi connectivity index (χ2v) is 8.61. The third-order valence-corrected chi connectivity index (χ3v) is 6.08. The minimum absolute atomic E-state index is 0.0446. The van der Waals surface area contributed by atoms with Crippen LogP contribution in [0.5, 0.6) is 11.8 Å². The van der Waals surface area contributed by atoms with Gasteiger partial charge in [0.1, 0.15) is 11.9 Å². The van der Waals surface area contributed by atoms with Crippen molar-refractivity contribution in [2.75, 3.05) is 19.5 Å². The van der Waals surface area contributed by atoms with Crippen molar-refractivity contribution in [1.29, 1.82) is 0 Å². The SMILES string of the molecule is COC(=O)C1CCC(Oc2ccc(CC(=O)c3nnc(Nc4ccc(F)c(Cl)c4)o3)c(OC)n2)CC1. The average Bonchev–Trinajstić information content (AvgIpc) is 3.35. The number of anilines is 2. The Morgan fingerprint density at radius 2 is 1.92 bits per heavy atom. The quantitative estimate of drug-likeness (QED) is 0.318. The van der Waals surface area contributed by atoms with E-state index in [1.54, 1.807) is 12.1 Å². The summed E-state index contributed by atoms with van der Waals surface area (Å²) in [6.07, 6.45) is 2.64. The van der Waals surface area contributed by atoms with E-state index in [1.807, 2.05) is 0 Å². The molecule has 4 rings (SSSR count). The van der Waals surface area contributed by atoms with E-state index >= 15 is 0 Å². The molecule has 0 atom stereocenters. The maximum absolute atomic E-state index is 13.3. The minimum Gasteiger partial charge on any atom is -0.481 e. The number of methoxy groups -OCH3 is 2. The van der Waals surface area contributed by atoms with E-state index in [2.05, 4.69) is 20.5 Å². The van der Waals surface area contributed by atoms with Gasteiger partial charge in [0.15, 0.2) is 0 Å². The predicted octanol–water partition coefficient (Wildman–Crippen LogP) is 4.55. The van der Waals surface area contributed by atoms with Crippen LogP contribution in [0.2, 0.25) is 5.02 Å². The van der Waals surface area contributed by atoms with Gasteiger partial charge in [0, 0.05) is 23.7 Å². The number of esters is 1. The first kappa shape index (κ1) is 25.4. The number of hydrogen-bond donors (Lipinski definition) is 1. The van der Waals surface area contributed by atoms with E-state index in [0.29, 0.717) is 42.8 Å². The smallest absolute Gasteiger partial charge is 0.320 e. The molecule has 1 fully saturated rings. The molecule has 1 aliphatic rings. The van der Waals surface area contributed by atoms with E-state index in [0.717, 1.165) is 0 Å². The summed E-state index contributed by atoms with van der Waals surface area (Å²) in [5.74, 6) is -0.896. The molecular weight excluding hydrogens is 495 g/mol. The number of benzene rings is 1. The van der Waals surface area contributed by atoms with Crippen LogP contribution < -0.4 is 14.8 Å². The van der Waals surface area contributed by atoms with E-state index in [9.17, 15) is 14.0 Å². The number of rotatable bonds is 9. The number of nitrogens with one attached hydrogen (secondary N) is 1. The molecule has 190 valence electrons. The van der Waals surface area contributed by atoms with Gasteiger partial charge in [0.25, 0.3) is 5.89 Å². The summed E-state index contributed by atoms with van der Waals surface area (Å²) in [7, 11) is 2.84. The second-order valence-electron chi connectivity index (χ2n) is 8.20. The van der Waals surface area contributed by atoms with Gasteiger partial charge in [-0.25, -0.2) is 4.39 Å². The molecule has 1 saturated carbocycles. The molecule has 0 aliphatic heterocycles. The lowest BCUT2D eigenvalue weighted by atomic mass is 9.87. The van der Waals surface area contributed by atoms with Crippen molar-refractivity contribution in [2.45, 2.75) is 38.2 Å². The molecule has 3 aromatic rings. The third kappa shape index (κ3) is 6.09. The first-order valence-corrected chi connectivity index (χ1v) is 11.6. The van der Waals surface area contributed by atoms with Gasteiger partial charge >= 0.3 is 12.0 Å². The molecule has 1 N–H and O–H groups in total. The highest BCUT2D eigenvalue weighted by Gasteiger charge is 2.28. The summed E-state index contributed by atoms with van der Waals surface area (Å²) in [6, 6.07) is 7.29. The largest absolute Gasteiger partial charge is 0.481 e.